The Morgan fingerprint density at radius 3 is 2.57 bits per heavy atom. The average Bonchev–Trinajstić information content (AvgIpc) is 2.76. The highest BCUT2D eigenvalue weighted by Gasteiger charge is 2.43. The first kappa shape index (κ1) is 20.9. The van der Waals surface area contributed by atoms with E-state index in [1.807, 2.05) is 30.9 Å². The van der Waals surface area contributed by atoms with Crippen molar-refractivity contribution in [2.45, 2.75) is 46.1 Å². The van der Waals surface area contributed by atoms with Crippen molar-refractivity contribution in [2.75, 3.05) is 26.2 Å². The van der Waals surface area contributed by atoms with Crippen LogP contribution in [0.25, 0.3) is 5.57 Å². The molecule has 0 saturated carbocycles. The zero-order valence-corrected chi connectivity index (χ0v) is 18.7. The maximum absolute atomic E-state index is 12.7. The summed E-state index contributed by atoms with van der Waals surface area (Å²) >= 11 is 0. The standard InChI is InChI=1S/C26H34N2O2/c1-5-28(6-2)25(29)21-10-8-20(9-11-21)23-16-26(13-14-27-17-19(26)4)30-24-15-18(3)7-12-22(23)24/h8-12,15-16,18-19,27H,5-7,13-14,17H2,1-4H3. The van der Waals surface area contributed by atoms with Crippen molar-refractivity contribution in [3.63, 3.8) is 0 Å². The summed E-state index contributed by atoms with van der Waals surface area (Å²) in [5, 5.41) is 3.50. The van der Waals surface area contributed by atoms with E-state index in [1.54, 1.807) is 0 Å². The Kier molecular flexibility index (Phi) is 5.88. The number of rotatable bonds is 4. The van der Waals surface area contributed by atoms with E-state index >= 15 is 0 Å². The van der Waals surface area contributed by atoms with Crippen LogP contribution >= 0.6 is 0 Å². The monoisotopic (exact) mass is 406 g/mol. The Morgan fingerprint density at radius 2 is 1.90 bits per heavy atom. The lowest BCUT2D eigenvalue weighted by Crippen LogP contribution is -2.51. The minimum absolute atomic E-state index is 0.0993. The average molecular weight is 407 g/mol. The third-order valence-corrected chi connectivity index (χ3v) is 6.84. The molecule has 1 spiro atoms. The van der Waals surface area contributed by atoms with Gasteiger partial charge in [0.25, 0.3) is 5.91 Å². The number of fused-ring (bicyclic) bond motifs is 1. The van der Waals surface area contributed by atoms with Crippen LogP contribution in [0.3, 0.4) is 0 Å². The van der Waals surface area contributed by atoms with Gasteiger partial charge in [-0.3, -0.25) is 4.79 Å². The number of piperidine rings is 1. The van der Waals surface area contributed by atoms with E-state index in [-0.39, 0.29) is 11.5 Å². The SMILES string of the molecule is CCN(CC)C(=O)c1ccc(C2=CC3(CCNCC3C)OC3=CC(C)CC=C32)cc1. The number of benzene rings is 1. The van der Waals surface area contributed by atoms with Gasteiger partial charge in [0.1, 0.15) is 11.4 Å². The third kappa shape index (κ3) is 3.74. The molecule has 1 fully saturated rings. The van der Waals surface area contributed by atoms with E-state index in [0.717, 1.165) is 55.9 Å². The second-order valence-corrected chi connectivity index (χ2v) is 8.89. The molecule has 1 amide bonds. The van der Waals surface area contributed by atoms with Gasteiger partial charge in [-0.2, -0.15) is 0 Å². The predicted molar refractivity (Wildman–Crippen MR) is 122 cm³/mol. The van der Waals surface area contributed by atoms with E-state index in [2.05, 4.69) is 49.5 Å². The molecule has 1 aliphatic carbocycles. The molecule has 3 aliphatic rings. The predicted octanol–water partition coefficient (Wildman–Crippen LogP) is 4.80. The molecule has 3 unspecified atom stereocenters. The van der Waals surface area contributed by atoms with Gasteiger partial charge in [0, 0.05) is 43.1 Å². The highest BCUT2D eigenvalue weighted by molar-refractivity contribution is 5.95. The van der Waals surface area contributed by atoms with Crippen molar-refractivity contribution < 1.29 is 9.53 Å². The second kappa shape index (κ2) is 8.43. The summed E-state index contributed by atoms with van der Waals surface area (Å²) in [4.78, 5) is 14.6. The number of allylic oxidation sites excluding steroid dienone is 3. The van der Waals surface area contributed by atoms with Gasteiger partial charge >= 0.3 is 0 Å². The number of amides is 1. The smallest absolute Gasteiger partial charge is 0.253 e. The van der Waals surface area contributed by atoms with E-state index in [9.17, 15) is 4.79 Å². The summed E-state index contributed by atoms with van der Waals surface area (Å²) in [6.45, 7) is 11.9. The molecule has 4 rings (SSSR count). The van der Waals surface area contributed by atoms with Gasteiger partial charge in [-0.25, -0.2) is 0 Å². The molecule has 0 aromatic heterocycles. The summed E-state index contributed by atoms with van der Waals surface area (Å²) in [5.74, 6) is 2.02. The molecule has 0 bridgehead atoms. The molecule has 2 aliphatic heterocycles. The molecule has 3 atom stereocenters. The van der Waals surface area contributed by atoms with Crippen LogP contribution in [0.5, 0.6) is 0 Å². The Bertz CT molecular complexity index is 892. The molecule has 1 saturated heterocycles. The highest BCUT2D eigenvalue weighted by atomic mass is 16.5. The van der Waals surface area contributed by atoms with Crippen molar-refractivity contribution >= 4 is 11.5 Å². The molecular formula is C26H34N2O2. The lowest BCUT2D eigenvalue weighted by molar-refractivity contribution is -0.0207. The molecule has 1 N–H and O–H groups in total. The molecule has 4 nitrogen and oxygen atoms in total. The van der Waals surface area contributed by atoms with Crippen molar-refractivity contribution in [3.8, 4) is 0 Å². The molecule has 30 heavy (non-hydrogen) atoms. The van der Waals surface area contributed by atoms with Gasteiger partial charge in [0.05, 0.1) is 0 Å². The van der Waals surface area contributed by atoms with Gasteiger partial charge < -0.3 is 15.0 Å². The molecule has 1 aromatic rings. The van der Waals surface area contributed by atoms with E-state index in [1.165, 1.54) is 11.1 Å². The first-order chi connectivity index (χ1) is 14.5. The summed E-state index contributed by atoms with van der Waals surface area (Å²) in [7, 11) is 0. The van der Waals surface area contributed by atoms with E-state index < -0.39 is 0 Å². The number of hydrogen-bond acceptors (Lipinski definition) is 3. The summed E-state index contributed by atoms with van der Waals surface area (Å²) in [5.41, 5.74) is 4.09. The van der Waals surface area contributed by atoms with Crippen LogP contribution in [0, 0.1) is 11.8 Å². The molecule has 0 radical (unpaired) electrons. The van der Waals surface area contributed by atoms with Crippen LogP contribution in [0.2, 0.25) is 0 Å². The normalized spacial score (nSPS) is 28.1. The molecular weight excluding hydrogens is 372 g/mol. The Morgan fingerprint density at radius 1 is 1.17 bits per heavy atom. The van der Waals surface area contributed by atoms with Crippen molar-refractivity contribution in [1.29, 1.82) is 0 Å². The second-order valence-electron chi connectivity index (χ2n) is 8.89. The lowest BCUT2D eigenvalue weighted by Gasteiger charge is -2.46. The van der Waals surface area contributed by atoms with Crippen LogP contribution in [0.4, 0.5) is 0 Å². The fraction of sp³-hybridized carbons (Fsp3) is 0.500. The number of hydrogen-bond donors (Lipinski definition) is 1. The number of carbonyl (C=O) groups is 1. The Balaban J connectivity index is 1.73. The topological polar surface area (TPSA) is 41.6 Å². The van der Waals surface area contributed by atoms with Crippen molar-refractivity contribution in [1.82, 2.24) is 10.2 Å². The Hall–Kier alpha value is -2.33. The number of carbonyl (C=O) groups excluding carboxylic acids is 1. The van der Waals surface area contributed by atoms with Gasteiger partial charge in [0.15, 0.2) is 0 Å². The maximum Gasteiger partial charge on any atom is 0.253 e. The van der Waals surface area contributed by atoms with Crippen LogP contribution < -0.4 is 5.32 Å². The van der Waals surface area contributed by atoms with Gasteiger partial charge in [0.2, 0.25) is 0 Å². The third-order valence-electron chi connectivity index (χ3n) is 6.84. The van der Waals surface area contributed by atoms with Crippen LogP contribution in [-0.2, 0) is 4.74 Å². The van der Waals surface area contributed by atoms with Gasteiger partial charge in [-0.05, 0) is 68.2 Å². The van der Waals surface area contributed by atoms with Crippen LogP contribution in [0.15, 0.2) is 53.8 Å². The molecule has 160 valence electrons. The summed E-state index contributed by atoms with van der Waals surface area (Å²) < 4.78 is 6.69. The van der Waals surface area contributed by atoms with E-state index in [0.29, 0.717) is 11.8 Å². The minimum atomic E-state index is -0.267. The molecule has 1 aromatic carbocycles. The van der Waals surface area contributed by atoms with Gasteiger partial charge in [-0.15, -0.1) is 0 Å². The fourth-order valence-electron chi connectivity index (χ4n) is 4.82. The fourth-order valence-corrected chi connectivity index (χ4v) is 4.82. The van der Waals surface area contributed by atoms with E-state index in [4.69, 9.17) is 4.74 Å². The quantitative estimate of drug-likeness (QED) is 0.781. The number of ether oxygens (including phenoxy) is 1. The first-order valence-electron chi connectivity index (χ1n) is 11.4. The largest absolute Gasteiger partial charge is 0.482 e. The summed E-state index contributed by atoms with van der Waals surface area (Å²) in [6.07, 6.45) is 8.97. The maximum atomic E-state index is 12.7. The van der Waals surface area contributed by atoms with Gasteiger partial charge in [-0.1, -0.05) is 32.1 Å². The van der Waals surface area contributed by atoms with Crippen molar-refractivity contribution in [3.05, 3.63) is 65.0 Å². The molecule has 2 heterocycles. The lowest BCUT2D eigenvalue weighted by atomic mass is 9.76. The van der Waals surface area contributed by atoms with Crippen LogP contribution in [-0.4, -0.2) is 42.6 Å². The number of nitrogens with one attached hydrogen (secondary N) is 1. The minimum Gasteiger partial charge on any atom is -0.482 e. The molecule has 4 heteroatoms. The van der Waals surface area contributed by atoms with Crippen LogP contribution in [0.1, 0.15) is 56.5 Å². The Labute approximate surface area is 180 Å². The summed E-state index contributed by atoms with van der Waals surface area (Å²) in [6, 6.07) is 8.15. The number of nitrogens with zero attached hydrogens (tertiary/aromatic N) is 1. The zero-order chi connectivity index (χ0) is 21.3. The zero-order valence-electron chi connectivity index (χ0n) is 18.7. The van der Waals surface area contributed by atoms with Crippen molar-refractivity contribution in [2.24, 2.45) is 11.8 Å². The highest BCUT2D eigenvalue weighted by Crippen LogP contribution is 2.46. The first-order valence-corrected chi connectivity index (χ1v) is 11.4.